The van der Waals surface area contributed by atoms with E-state index in [0.717, 1.165) is 24.6 Å². The summed E-state index contributed by atoms with van der Waals surface area (Å²) in [6, 6.07) is 0. The summed E-state index contributed by atoms with van der Waals surface area (Å²) in [4.78, 5) is 11.8. The first-order chi connectivity index (χ1) is 9.76. The number of rotatable bonds is 14. The molecular weight excluding hydrogens is 320 g/mol. The highest BCUT2D eigenvalue weighted by Gasteiger charge is 2.18. The molecule has 0 aromatic heterocycles. The quantitative estimate of drug-likeness (QED) is 0.255. The molecule has 1 unspecified atom stereocenters. The van der Waals surface area contributed by atoms with Gasteiger partial charge in [-0.25, -0.2) is 4.79 Å². The van der Waals surface area contributed by atoms with Crippen LogP contribution in [0.5, 0.6) is 0 Å². The molecular formula is C16H31BrO3. The maximum atomic E-state index is 11.8. The Morgan fingerprint density at radius 1 is 0.950 bits per heavy atom. The molecule has 20 heavy (non-hydrogen) atoms. The van der Waals surface area contributed by atoms with Crippen LogP contribution in [0.4, 0.5) is 0 Å². The Kier molecular flexibility index (Phi) is 15.2. The third-order valence-electron chi connectivity index (χ3n) is 3.22. The summed E-state index contributed by atoms with van der Waals surface area (Å²) in [5.41, 5.74) is 0. The van der Waals surface area contributed by atoms with Crippen molar-refractivity contribution in [1.29, 1.82) is 0 Å². The topological polar surface area (TPSA) is 35.5 Å². The van der Waals surface area contributed by atoms with Crippen molar-refractivity contribution >= 4 is 21.9 Å². The molecule has 1 atom stereocenters. The van der Waals surface area contributed by atoms with Crippen molar-refractivity contribution in [2.24, 2.45) is 0 Å². The number of esters is 1. The highest BCUT2D eigenvalue weighted by Crippen LogP contribution is 2.07. The number of carbonyl (C=O) groups is 1. The minimum Gasteiger partial charge on any atom is -0.464 e. The van der Waals surface area contributed by atoms with Gasteiger partial charge in [0.05, 0.1) is 6.61 Å². The SMILES string of the molecule is CCCCCCOC(CC)C(=O)OCCCCCCBr. The van der Waals surface area contributed by atoms with Gasteiger partial charge in [0.25, 0.3) is 0 Å². The molecule has 0 bridgehead atoms. The van der Waals surface area contributed by atoms with Crippen LogP contribution < -0.4 is 0 Å². The minimum absolute atomic E-state index is 0.191. The molecule has 0 spiro atoms. The van der Waals surface area contributed by atoms with Gasteiger partial charge in [0.2, 0.25) is 0 Å². The Morgan fingerprint density at radius 2 is 1.60 bits per heavy atom. The second-order valence-electron chi connectivity index (χ2n) is 5.10. The molecule has 0 aliphatic carbocycles. The van der Waals surface area contributed by atoms with Crippen LogP contribution in [0.2, 0.25) is 0 Å². The Balaban J connectivity index is 3.58. The van der Waals surface area contributed by atoms with Gasteiger partial charge >= 0.3 is 5.97 Å². The highest BCUT2D eigenvalue weighted by molar-refractivity contribution is 9.09. The predicted molar refractivity (Wildman–Crippen MR) is 87.4 cm³/mol. The zero-order valence-electron chi connectivity index (χ0n) is 13.2. The zero-order chi connectivity index (χ0) is 15.1. The summed E-state index contributed by atoms with van der Waals surface area (Å²) in [5, 5.41) is 1.05. The second-order valence-corrected chi connectivity index (χ2v) is 5.89. The number of alkyl halides is 1. The largest absolute Gasteiger partial charge is 0.464 e. The third-order valence-corrected chi connectivity index (χ3v) is 3.78. The molecule has 120 valence electrons. The summed E-state index contributed by atoms with van der Waals surface area (Å²) in [6.45, 7) is 5.34. The zero-order valence-corrected chi connectivity index (χ0v) is 14.8. The van der Waals surface area contributed by atoms with E-state index in [1.807, 2.05) is 6.92 Å². The smallest absolute Gasteiger partial charge is 0.335 e. The van der Waals surface area contributed by atoms with Crippen LogP contribution in [-0.2, 0) is 14.3 Å². The normalized spacial score (nSPS) is 12.3. The third kappa shape index (κ3) is 11.7. The van der Waals surface area contributed by atoms with Crippen LogP contribution >= 0.6 is 15.9 Å². The minimum atomic E-state index is -0.376. The molecule has 0 aliphatic heterocycles. The molecule has 0 aliphatic rings. The first-order valence-corrected chi connectivity index (χ1v) is 9.22. The fourth-order valence-electron chi connectivity index (χ4n) is 1.92. The van der Waals surface area contributed by atoms with Crippen LogP contribution in [0.15, 0.2) is 0 Å². The number of unbranched alkanes of at least 4 members (excludes halogenated alkanes) is 6. The van der Waals surface area contributed by atoms with Crippen molar-refractivity contribution < 1.29 is 14.3 Å². The van der Waals surface area contributed by atoms with Gasteiger partial charge < -0.3 is 9.47 Å². The average Bonchev–Trinajstić information content (AvgIpc) is 2.46. The monoisotopic (exact) mass is 350 g/mol. The van der Waals surface area contributed by atoms with Crippen molar-refractivity contribution in [1.82, 2.24) is 0 Å². The lowest BCUT2D eigenvalue weighted by atomic mass is 10.2. The lowest BCUT2D eigenvalue weighted by molar-refractivity contribution is -0.157. The Morgan fingerprint density at radius 3 is 2.25 bits per heavy atom. The van der Waals surface area contributed by atoms with E-state index in [2.05, 4.69) is 22.9 Å². The number of hydrogen-bond acceptors (Lipinski definition) is 3. The number of ether oxygens (including phenoxy) is 2. The molecule has 0 heterocycles. The van der Waals surface area contributed by atoms with E-state index in [0.29, 0.717) is 19.6 Å². The molecule has 0 fully saturated rings. The maximum absolute atomic E-state index is 11.8. The Labute approximate surface area is 132 Å². The van der Waals surface area contributed by atoms with Crippen molar-refractivity contribution in [3.63, 3.8) is 0 Å². The second kappa shape index (κ2) is 15.3. The van der Waals surface area contributed by atoms with Crippen molar-refractivity contribution in [3.8, 4) is 0 Å². The van der Waals surface area contributed by atoms with Crippen LogP contribution in [0, 0.1) is 0 Å². The van der Waals surface area contributed by atoms with Crippen LogP contribution in [0.25, 0.3) is 0 Å². The van der Waals surface area contributed by atoms with Crippen molar-refractivity contribution in [2.45, 2.75) is 77.7 Å². The fraction of sp³-hybridized carbons (Fsp3) is 0.938. The Bertz CT molecular complexity index is 222. The van der Waals surface area contributed by atoms with E-state index < -0.39 is 0 Å². The lowest BCUT2D eigenvalue weighted by Gasteiger charge is -2.15. The fourth-order valence-corrected chi connectivity index (χ4v) is 2.32. The number of carbonyl (C=O) groups excluding carboxylic acids is 1. The molecule has 0 aromatic carbocycles. The lowest BCUT2D eigenvalue weighted by Crippen LogP contribution is -2.26. The summed E-state index contributed by atoms with van der Waals surface area (Å²) < 4.78 is 10.9. The van der Waals surface area contributed by atoms with E-state index >= 15 is 0 Å². The van der Waals surface area contributed by atoms with Crippen molar-refractivity contribution in [2.75, 3.05) is 18.5 Å². The van der Waals surface area contributed by atoms with Crippen LogP contribution in [0.3, 0.4) is 0 Å². The molecule has 0 N–H and O–H groups in total. The molecule has 0 saturated carbocycles. The van der Waals surface area contributed by atoms with Gasteiger partial charge in [-0.3, -0.25) is 0 Å². The van der Waals surface area contributed by atoms with Crippen molar-refractivity contribution in [3.05, 3.63) is 0 Å². The number of halogens is 1. The average molecular weight is 351 g/mol. The molecule has 4 heteroatoms. The Hall–Kier alpha value is -0.0900. The van der Waals surface area contributed by atoms with E-state index in [1.54, 1.807) is 0 Å². The molecule has 0 saturated heterocycles. The van der Waals surface area contributed by atoms with Gasteiger partial charge in [0.15, 0.2) is 6.10 Å². The maximum Gasteiger partial charge on any atom is 0.335 e. The van der Waals surface area contributed by atoms with Gasteiger partial charge in [-0.2, -0.15) is 0 Å². The number of hydrogen-bond donors (Lipinski definition) is 0. The summed E-state index contributed by atoms with van der Waals surface area (Å²) >= 11 is 3.41. The van der Waals surface area contributed by atoms with E-state index in [9.17, 15) is 4.79 Å². The van der Waals surface area contributed by atoms with Gasteiger partial charge in [-0.1, -0.05) is 61.9 Å². The molecule has 0 radical (unpaired) electrons. The summed E-state index contributed by atoms with van der Waals surface area (Å²) in [7, 11) is 0. The molecule has 0 aromatic rings. The van der Waals surface area contributed by atoms with E-state index in [1.165, 1.54) is 32.1 Å². The van der Waals surface area contributed by atoms with E-state index in [4.69, 9.17) is 9.47 Å². The summed E-state index contributed by atoms with van der Waals surface area (Å²) in [5.74, 6) is -0.191. The van der Waals surface area contributed by atoms with Gasteiger partial charge in [0.1, 0.15) is 0 Å². The molecule has 0 amide bonds. The standard InChI is InChI=1S/C16H31BrO3/c1-3-5-6-10-13-19-15(4-2)16(18)20-14-11-8-7-9-12-17/h15H,3-14H2,1-2H3. The molecule has 3 nitrogen and oxygen atoms in total. The summed E-state index contributed by atoms with van der Waals surface area (Å²) in [6.07, 6.45) is 9.42. The highest BCUT2D eigenvalue weighted by atomic mass is 79.9. The predicted octanol–water partition coefficient (Wildman–Crippen LogP) is 4.86. The van der Waals surface area contributed by atoms with Crippen LogP contribution in [0.1, 0.15) is 71.6 Å². The van der Waals surface area contributed by atoms with Gasteiger partial charge in [0, 0.05) is 11.9 Å². The molecule has 0 rings (SSSR count). The van der Waals surface area contributed by atoms with Gasteiger partial charge in [-0.05, 0) is 25.7 Å². The van der Waals surface area contributed by atoms with Gasteiger partial charge in [-0.15, -0.1) is 0 Å². The van der Waals surface area contributed by atoms with E-state index in [-0.39, 0.29) is 12.1 Å². The van der Waals surface area contributed by atoms with Crippen LogP contribution in [-0.4, -0.2) is 30.6 Å². The first-order valence-electron chi connectivity index (χ1n) is 8.10. The first kappa shape index (κ1) is 19.9.